The van der Waals surface area contributed by atoms with Crippen molar-refractivity contribution in [2.45, 2.75) is 26.7 Å². The van der Waals surface area contributed by atoms with Crippen molar-refractivity contribution >= 4 is 29.0 Å². The lowest BCUT2D eigenvalue weighted by Crippen LogP contribution is -2.37. The predicted molar refractivity (Wildman–Crippen MR) is 105 cm³/mol. The number of benzene rings is 1. The number of carbonyl (C=O) groups excluding carboxylic acids is 1. The molecule has 2 aromatic rings. The van der Waals surface area contributed by atoms with Crippen molar-refractivity contribution in [3.05, 3.63) is 45.8 Å². The third-order valence-electron chi connectivity index (χ3n) is 4.96. The predicted octanol–water partition coefficient (Wildman–Crippen LogP) is 3.13. The molecular formula is C19H23N5O4. The molecule has 0 unspecified atom stereocenters. The van der Waals surface area contributed by atoms with Crippen molar-refractivity contribution in [1.29, 1.82) is 0 Å². The van der Waals surface area contributed by atoms with Gasteiger partial charge in [0.05, 0.1) is 18.0 Å². The summed E-state index contributed by atoms with van der Waals surface area (Å²) >= 11 is 0. The summed E-state index contributed by atoms with van der Waals surface area (Å²) in [6.45, 7) is 4.85. The van der Waals surface area contributed by atoms with Crippen LogP contribution in [-0.4, -0.2) is 41.1 Å². The zero-order valence-electron chi connectivity index (χ0n) is 16.1. The third-order valence-corrected chi connectivity index (χ3v) is 4.96. The number of rotatable bonds is 5. The second-order valence-electron chi connectivity index (χ2n) is 6.88. The number of hydrogen-bond acceptors (Lipinski definition) is 8. The summed E-state index contributed by atoms with van der Waals surface area (Å²) in [7, 11) is 1.37. The minimum atomic E-state index is -0.463. The molecule has 1 aromatic carbocycles. The molecule has 1 aromatic heterocycles. The van der Waals surface area contributed by atoms with Gasteiger partial charge in [0, 0.05) is 18.8 Å². The van der Waals surface area contributed by atoms with Gasteiger partial charge in [-0.3, -0.25) is 14.9 Å². The van der Waals surface area contributed by atoms with E-state index in [1.54, 1.807) is 0 Å². The van der Waals surface area contributed by atoms with E-state index >= 15 is 0 Å². The number of piperidine rings is 1. The van der Waals surface area contributed by atoms with Gasteiger partial charge < -0.3 is 15.0 Å². The van der Waals surface area contributed by atoms with Crippen LogP contribution in [0.5, 0.6) is 0 Å². The molecule has 0 saturated carbocycles. The molecule has 9 heteroatoms. The van der Waals surface area contributed by atoms with Crippen LogP contribution in [0.25, 0.3) is 0 Å². The number of esters is 1. The van der Waals surface area contributed by atoms with Crippen molar-refractivity contribution in [2.24, 2.45) is 5.92 Å². The van der Waals surface area contributed by atoms with Crippen molar-refractivity contribution in [3.8, 4) is 0 Å². The van der Waals surface area contributed by atoms with E-state index in [1.807, 2.05) is 36.9 Å². The average molecular weight is 385 g/mol. The lowest BCUT2D eigenvalue weighted by molar-refractivity contribution is -0.383. The van der Waals surface area contributed by atoms with E-state index in [0.29, 0.717) is 25.9 Å². The Balaban J connectivity index is 1.89. The molecule has 0 atom stereocenters. The topological polar surface area (TPSA) is 110 Å². The van der Waals surface area contributed by atoms with Gasteiger partial charge in [0.2, 0.25) is 11.6 Å². The Labute approximate surface area is 162 Å². The molecule has 0 bridgehead atoms. The van der Waals surface area contributed by atoms with E-state index in [2.05, 4.69) is 15.3 Å². The summed E-state index contributed by atoms with van der Waals surface area (Å²) in [5, 5.41) is 14.9. The normalized spacial score (nSPS) is 14.6. The summed E-state index contributed by atoms with van der Waals surface area (Å²) in [6, 6.07) is 5.84. The van der Waals surface area contributed by atoms with Gasteiger partial charge in [-0.05, 0) is 43.9 Å². The number of nitrogens with one attached hydrogen (secondary N) is 1. The molecule has 1 aliphatic rings. The number of hydrogen-bond donors (Lipinski definition) is 1. The quantitative estimate of drug-likeness (QED) is 0.475. The van der Waals surface area contributed by atoms with Crippen LogP contribution in [0.4, 0.5) is 23.0 Å². The number of aryl methyl sites for hydroxylation is 2. The van der Waals surface area contributed by atoms with Gasteiger partial charge >= 0.3 is 11.7 Å². The molecule has 1 fully saturated rings. The second-order valence-corrected chi connectivity index (χ2v) is 6.88. The largest absolute Gasteiger partial charge is 0.469 e. The van der Waals surface area contributed by atoms with E-state index in [0.717, 1.165) is 16.8 Å². The zero-order chi connectivity index (χ0) is 20.3. The van der Waals surface area contributed by atoms with Gasteiger partial charge in [0.15, 0.2) is 0 Å². The molecule has 3 rings (SSSR count). The molecule has 1 saturated heterocycles. The van der Waals surface area contributed by atoms with E-state index in [9.17, 15) is 14.9 Å². The number of nitro groups is 1. The number of aromatic nitrogens is 2. The van der Waals surface area contributed by atoms with Crippen molar-refractivity contribution < 1.29 is 14.5 Å². The lowest BCUT2D eigenvalue weighted by Gasteiger charge is -2.31. The number of anilines is 3. The highest BCUT2D eigenvalue weighted by molar-refractivity contribution is 5.76. The molecular weight excluding hydrogens is 362 g/mol. The fourth-order valence-electron chi connectivity index (χ4n) is 3.35. The molecule has 0 radical (unpaired) electrons. The molecule has 0 aliphatic carbocycles. The maximum atomic E-state index is 11.8. The van der Waals surface area contributed by atoms with Crippen LogP contribution in [0.1, 0.15) is 24.0 Å². The molecule has 9 nitrogen and oxygen atoms in total. The van der Waals surface area contributed by atoms with Gasteiger partial charge in [-0.25, -0.2) is 9.97 Å². The van der Waals surface area contributed by atoms with E-state index in [1.165, 1.54) is 13.4 Å². The zero-order valence-corrected chi connectivity index (χ0v) is 16.1. The standard InChI is InChI=1S/C19H23N5O4/c1-12-4-5-13(2)15(10-12)22-17-16(24(26)27)18(21-11-20-17)23-8-6-14(7-9-23)19(25)28-3/h4-5,10-11,14H,6-9H2,1-3H3,(H,20,21,22). The van der Waals surface area contributed by atoms with E-state index < -0.39 is 4.92 Å². The van der Waals surface area contributed by atoms with Gasteiger partial charge in [-0.1, -0.05) is 12.1 Å². The second kappa shape index (κ2) is 8.20. The fourth-order valence-corrected chi connectivity index (χ4v) is 3.35. The Morgan fingerprint density at radius 2 is 2.00 bits per heavy atom. The Morgan fingerprint density at radius 1 is 1.29 bits per heavy atom. The van der Waals surface area contributed by atoms with Gasteiger partial charge in [0.25, 0.3) is 0 Å². The van der Waals surface area contributed by atoms with Gasteiger partial charge in [-0.15, -0.1) is 0 Å². The van der Waals surface area contributed by atoms with Crippen LogP contribution in [0.2, 0.25) is 0 Å². The minimum absolute atomic E-state index is 0.152. The van der Waals surface area contributed by atoms with Crippen LogP contribution in [0.15, 0.2) is 24.5 Å². The smallest absolute Gasteiger partial charge is 0.353 e. The molecule has 28 heavy (non-hydrogen) atoms. The summed E-state index contributed by atoms with van der Waals surface area (Å²) < 4.78 is 4.80. The Hall–Kier alpha value is -3.23. The van der Waals surface area contributed by atoms with E-state index in [4.69, 9.17) is 4.74 Å². The van der Waals surface area contributed by atoms with Crippen LogP contribution < -0.4 is 10.2 Å². The first-order chi connectivity index (χ1) is 13.4. The third kappa shape index (κ3) is 4.03. The number of methoxy groups -OCH3 is 1. The van der Waals surface area contributed by atoms with Crippen LogP contribution >= 0.6 is 0 Å². The average Bonchev–Trinajstić information content (AvgIpc) is 2.70. The van der Waals surface area contributed by atoms with E-state index in [-0.39, 0.29) is 29.2 Å². The highest BCUT2D eigenvalue weighted by Gasteiger charge is 2.32. The highest BCUT2D eigenvalue weighted by atomic mass is 16.6. The van der Waals surface area contributed by atoms with Crippen molar-refractivity contribution in [2.75, 3.05) is 30.4 Å². The maximum absolute atomic E-state index is 11.8. The molecule has 1 N–H and O–H groups in total. The first kappa shape index (κ1) is 19.5. The molecule has 148 valence electrons. The number of carbonyl (C=O) groups is 1. The summed E-state index contributed by atoms with van der Waals surface area (Å²) in [6.07, 6.45) is 2.45. The number of ether oxygens (including phenoxy) is 1. The molecule has 2 heterocycles. The van der Waals surface area contributed by atoms with Crippen LogP contribution in [0, 0.1) is 29.9 Å². The SMILES string of the molecule is COC(=O)C1CCN(c2ncnc(Nc3cc(C)ccc3C)c2[N+](=O)[O-])CC1. The molecule has 1 aliphatic heterocycles. The van der Waals surface area contributed by atoms with Gasteiger partial charge in [0.1, 0.15) is 6.33 Å². The van der Waals surface area contributed by atoms with Crippen LogP contribution in [0.3, 0.4) is 0 Å². The Bertz CT molecular complexity index is 894. The van der Waals surface area contributed by atoms with Crippen molar-refractivity contribution in [3.63, 3.8) is 0 Å². The summed E-state index contributed by atoms with van der Waals surface area (Å²) in [5.74, 6) is -0.0151. The molecule has 0 amide bonds. The first-order valence-corrected chi connectivity index (χ1v) is 9.07. The molecule has 0 spiro atoms. The monoisotopic (exact) mass is 385 g/mol. The highest BCUT2D eigenvalue weighted by Crippen LogP contribution is 2.36. The summed E-state index contributed by atoms with van der Waals surface area (Å²) in [5.41, 5.74) is 2.59. The van der Waals surface area contributed by atoms with Gasteiger partial charge in [-0.2, -0.15) is 0 Å². The van der Waals surface area contributed by atoms with Crippen molar-refractivity contribution in [1.82, 2.24) is 9.97 Å². The van der Waals surface area contributed by atoms with Crippen LogP contribution in [-0.2, 0) is 9.53 Å². The Kier molecular flexibility index (Phi) is 5.72. The first-order valence-electron chi connectivity index (χ1n) is 9.07. The lowest BCUT2D eigenvalue weighted by atomic mass is 9.97. The maximum Gasteiger partial charge on any atom is 0.353 e. The Morgan fingerprint density at radius 3 is 2.64 bits per heavy atom. The minimum Gasteiger partial charge on any atom is -0.469 e. The fraction of sp³-hybridized carbons (Fsp3) is 0.421. The number of nitrogens with zero attached hydrogens (tertiary/aromatic N) is 4. The summed E-state index contributed by atoms with van der Waals surface area (Å²) in [4.78, 5) is 33.2.